The van der Waals surface area contributed by atoms with Gasteiger partial charge < -0.3 is 9.64 Å². The number of anilines is 3. The van der Waals surface area contributed by atoms with E-state index < -0.39 is 0 Å². The monoisotopic (exact) mass is 618 g/mol. The molecule has 0 saturated carbocycles. The summed E-state index contributed by atoms with van der Waals surface area (Å²) < 4.78 is 8.45. The quantitative estimate of drug-likeness (QED) is 0.198. The molecule has 2 aliphatic rings. The van der Waals surface area contributed by atoms with E-state index in [2.05, 4.69) is 150 Å². The summed E-state index contributed by atoms with van der Waals surface area (Å²) in [7, 11) is 0. The summed E-state index contributed by atoms with van der Waals surface area (Å²) in [5, 5.41) is 2.47. The first-order chi connectivity index (χ1) is 22.4. The number of aryl methyl sites for hydroxylation is 2. The number of benzene rings is 4. The highest BCUT2D eigenvalue weighted by Crippen LogP contribution is 2.54. The van der Waals surface area contributed by atoms with E-state index in [1.807, 2.05) is 6.20 Å². The molecule has 5 nitrogen and oxygen atoms in total. The normalized spacial score (nSPS) is 17.1. The van der Waals surface area contributed by atoms with Crippen molar-refractivity contribution in [3.8, 4) is 5.82 Å². The van der Waals surface area contributed by atoms with Crippen LogP contribution in [0, 0.1) is 13.8 Å². The number of aromatic nitrogens is 2. The van der Waals surface area contributed by atoms with Gasteiger partial charge in [0.05, 0.1) is 28.5 Å². The van der Waals surface area contributed by atoms with Gasteiger partial charge in [-0.3, -0.25) is 4.57 Å². The Kier molecular flexibility index (Phi) is 6.47. The molecule has 2 aliphatic heterocycles. The second-order valence-corrected chi connectivity index (χ2v) is 14.9. The van der Waals surface area contributed by atoms with Crippen molar-refractivity contribution >= 4 is 44.8 Å². The first-order valence-corrected chi connectivity index (χ1v) is 16.7. The van der Waals surface area contributed by atoms with Crippen molar-refractivity contribution in [2.75, 3.05) is 11.5 Å². The second kappa shape index (κ2) is 10.3. The highest BCUT2D eigenvalue weighted by atomic mass is 16.5. The summed E-state index contributed by atoms with van der Waals surface area (Å²) >= 11 is 0. The lowest BCUT2D eigenvalue weighted by molar-refractivity contribution is 0.324. The minimum Gasteiger partial charge on any atom is -0.475 e. The van der Waals surface area contributed by atoms with E-state index in [9.17, 15) is 0 Å². The molecule has 236 valence electrons. The summed E-state index contributed by atoms with van der Waals surface area (Å²) in [6, 6.07) is 31.6. The van der Waals surface area contributed by atoms with Crippen LogP contribution >= 0.6 is 0 Å². The fourth-order valence-electron chi connectivity index (χ4n) is 7.61. The lowest BCUT2D eigenvalue weighted by Crippen LogP contribution is -2.31. The first-order valence-electron chi connectivity index (χ1n) is 16.7. The highest BCUT2D eigenvalue weighted by Gasteiger charge is 2.38. The zero-order chi connectivity index (χ0) is 32.8. The van der Waals surface area contributed by atoms with Gasteiger partial charge in [0, 0.05) is 33.6 Å². The van der Waals surface area contributed by atoms with Gasteiger partial charge in [-0.05, 0) is 96.5 Å². The van der Waals surface area contributed by atoms with Crippen LogP contribution in [-0.2, 0) is 15.6 Å². The topological polar surface area (TPSA) is 42.7 Å². The smallest absolute Gasteiger partial charge is 0.216 e. The summed E-state index contributed by atoms with van der Waals surface area (Å²) in [4.78, 5) is 12.3. The predicted molar refractivity (Wildman–Crippen MR) is 196 cm³/mol. The molecule has 5 heteroatoms. The van der Waals surface area contributed by atoms with E-state index in [1.54, 1.807) is 0 Å². The molecule has 0 fully saturated rings. The third-order valence-corrected chi connectivity index (χ3v) is 10.2. The van der Waals surface area contributed by atoms with E-state index in [1.165, 1.54) is 50.0 Å². The van der Waals surface area contributed by atoms with Crippen molar-refractivity contribution in [2.45, 2.75) is 72.3 Å². The van der Waals surface area contributed by atoms with Crippen LogP contribution in [0.3, 0.4) is 0 Å². The number of pyridine rings is 1. The average Bonchev–Trinajstić information content (AvgIpc) is 3.61. The molecule has 0 saturated heterocycles. The van der Waals surface area contributed by atoms with Gasteiger partial charge in [-0.25, -0.2) is 9.98 Å². The lowest BCUT2D eigenvalue weighted by atomic mass is 9.73. The molecule has 4 heterocycles. The van der Waals surface area contributed by atoms with Crippen molar-refractivity contribution in [1.29, 1.82) is 0 Å². The summed E-state index contributed by atoms with van der Waals surface area (Å²) in [5.74, 6) is 1.67. The number of ether oxygens (including phenoxy) is 1. The largest absolute Gasteiger partial charge is 0.475 e. The van der Waals surface area contributed by atoms with Crippen LogP contribution < -0.4 is 4.90 Å². The maximum Gasteiger partial charge on any atom is 0.216 e. The van der Waals surface area contributed by atoms with E-state index in [0.29, 0.717) is 6.61 Å². The van der Waals surface area contributed by atoms with E-state index in [-0.39, 0.29) is 16.9 Å². The number of hydrogen-bond donors (Lipinski definition) is 0. The Labute approximate surface area is 277 Å². The lowest BCUT2D eigenvalue weighted by Gasteiger charge is -2.42. The Morgan fingerprint density at radius 2 is 1.53 bits per heavy atom. The van der Waals surface area contributed by atoms with Crippen molar-refractivity contribution in [3.63, 3.8) is 0 Å². The Balaban J connectivity index is 1.46. The van der Waals surface area contributed by atoms with Crippen LogP contribution in [0.1, 0.15) is 74.9 Å². The fourth-order valence-corrected chi connectivity index (χ4v) is 7.61. The number of para-hydroxylation sites is 2. The molecule has 1 atom stereocenters. The van der Waals surface area contributed by atoms with Gasteiger partial charge in [0.15, 0.2) is 0 Å². The molecular formula is C42H42N4O. The molecule has 0 radical (unpaired) electrons. The Bertz CT molecular complexity index is 2270. The molecule has 4 aromatic carbocycles. The van der Waals surface area contributed by atoms with Crippen LogP contribution in [0.25, 0.3) is 27.6 Å². The van der Waals surface area contributed by atoms with Crippen LogP contribution in [0.2, 0.25) is 0 Å². The molecule has 6 aromatic rings. The zero-order valence-electron chi connectivity index (χ0n) is 28.6. The van der Waals surface area contributed by atoms with Gasteiger partial charge in [-0.1, -0.05) is 77.1 Å². The minimum atomic E-state index is -0.222. The van der Waals surface area contributed by atoms with Gasteiger partial charge in [-0.2, -0.15) is 0 Å². The second-order valence-electron chi connectivity index (χ2n) is 14.9. The Morgan fingerprint density at radius 1 is 0.766 bits per heavy atom. The standard InChI is InChI=1S/C42H42N4O/c1-25-19-26(2)36(22-30(25)40-44-27(3)24-47-40)45-35-16-12-10-14-32(35)42(7,8)33-21-31-29-13-9-11-15-34(29)46(37(31)23-38(33)45)39-20-28(17-18-43-39)41(4,5)6/h9-23,27H,24H2,1-8H3/t27-/m1/s1. The van der Waals surface area contributed by atoms with Crippen LogP contribution in [0.4, 0.5) is 17.1 Å². The zero-order valence-corrected chi connectivity index (χ0v) is 28.6. The Morgan fingerprint density at radius 3 is 2.30 bits per heavy atom. The van der Waals surface area contributed by atoms with Gasteiger partial charge in [0.1, 0.15) is 12.4 Å². The SMILES string of the molecule is Cc1cc(C)c(N2c3ccccc3C(C)(C)c3cc4c5ccccc5n(-c5cc(C(C)(C)C)ccn5)c4cc32)cc1C1=N[C@H](C)CO1. The Hall–Kier alpha value is -4.90. The number of nitrogens with zero attached hydrogens (tertiary/aromatic N) is 4. The molecule has 0 bridgehead atoms. The third kappa shape index (κ3) is 4.51. The van der Waals surface area contributed by atoms with Gasteiger partial charge in [0.2, 0.25) is 5.90 Å². The summed E-state index contributed by atoms with van der Waals surface area (Å²) in [6.45, 7) is 18.6. The van der Waals surface area contributed by atoms with Crippen LogP contribution in [0.15, 0.2) is 96.1 Å². The van der Waals surface area contributed by atoms with Crippen molar-refractivity contribution in [3.05, 3.63) is 125 Å². The number of aliphatic imine (C=N–C) groups is 1. The molecule has 0 aliphatic carbocycles. The van der Waals surface area contributed by atoms with Gasteiger partial charge in [-0.15, -0.1) is 0 Å². The molecule has 2 aromatic heterocycles. The molecule has 0 N–H and O–H groups in total. The van der Waals surface area contributed by atoms with E-state index in [0.717, 1.165) is 34.0 Å². The third-order valence-electron chi connectivity index (χ3n) is 10.2. The maximum atomic E-state index is 6.10. The van der Waals surface area contributed by atoms with Crippen molar-refractivity contribution in [2.24, 2.45) is 4.99 Å². The molecule has 47 heavy (non-hydrogen) atoms. The fraction of sp³-hybridized carbons (Fsp3) is 0.286. The predicted octanol–water partition coefficient (Wildman–Crippen LogP) is 10.4. The number of hydrogen-bond acceptors (Lipinski definition) is 4. The molecule has 0 amide bonds. The molecule has 0 unspecified atom stereocenters. The molecule has 0 spiro atoms. The minimum absolute atomic E-state index is 0.00590. The summed E-state index contributed by atoms with van der Waals surface area (Å²) in [6.07, 6.45) is 1.95. The van der Waals surface area contributed by atoms with Crippen molar-refractivity contribution in [1.82, 2.24) is 9.55 Å². The number of rotatable bonds is 3. The van der Waals surface area contributed by atoms with Gasteiger partial charge >= 0.3 is 0 Å². The first kappa shape index (κ1) is 29.5. The molecule has 8 rings (SSSR count). The van der Waals surface area contributed by atoms with E-state index >= 15 is 0 Å². The average molecular weight is 619 g/mol. The van der Waals surface area contributed by atoms with Crippen LogP contribution in [0.5, 0.6) is 0 Å². The van der Waals surface area contributed by atoms with Crippen LogP contribution in [-0.4, -0.2) is 28.1 Å². The highest BCUT2D eigenvalue weighted by molar-refractivity contribution is 6.11. The van der Waals surface area contributed by atoms with Gasteiger partial charge in [0.25, 0.3) is 0 Å². The summed E-state index contributed by atoms with van der Waals surface area (Å²) in [5.41, 5.74) is 12.9. The number of fused-ring (bicyclic) bond motifs is 5. The maximum absolute atomic E-state index is 6.10. The molecular weight excluding hydrogens is 576 g/mol. The van der Waals surface area contributed by atoms with Crippen molar-refractivity contribution < 1.29 is 4.74 Å². The van der Waals surface area contributed by atoms with E-state index in [4.69, 9.17) is 14.7 Å².